The second-order valence-corrected chi connectivity index (χ2v) is 4.00. The minimum atomic E-state index is 0.281. The van der Waals surface area contributed by atoms with Crippen molar-refractivity contribution in [1.29, 1.82) is 0 Å². The fourth-order valence-electron chi connectivity index (χ4n) is 1.90. The van der Waals surface area contributed by atoms with Gasteiger partial charge in [-0.3, -0.25) is 0 Å². The molecule has 1 aromatic carbocycles. The third-order valence-corrected chi connectivity index (χ3v) is 2.76. The number of hydrogen-bond acceptors (Lipinski definition) is 5. The van der Waals surface area contributed by atoms with Gasteiger partial charge in [-0.05, 0) is 25.1 Å². The van der Waals surface area contributed by atoms with Gasteiger partial charge in [-0.15, -0.1) is 0 Å². The molecule has 0 saturated carbocycles. The molecule has 1 aliphatic heterocycles. The molecular weight excluding hydrogens is 230 g/mol. The first kappa shape index (κ1) is 10.8. The Kier molecular flexibility index (Phi) is 2.51. The number of ether oxygens (including phenoxy) is 2. The van der Waals surface area contributed by atoms with Crippen LogP contribution >= 0.6 is 0 Å². The van der Waals surface area contributed by atoms with Crippen LogP contribution in [0.15, 0.2) is 24.3 Å². The Hall–Kier alpha value is -2.30. The van der Waals surface area contributed by atoms with Gasteiger partial charge in [0.25, 0.3) is 0 Å². The van der Waals surface area contributed by atoms with E-state index in [4.69, 9.17) is 9.47 Å². The highest BCUT2D eigenvalue weighted by atomic mass is 16.7. The van der Waals surface area contributed by atoms with Gasteiger partial charge in [0.1, 0.15) is 11.6 Å². The average molecular weight is 243 g/mol. The van der Waals surface area contributed by atoms with E-state index in [0.717, 1.165) is 34.4 Å². The summed E-state index contributed by atoms with van der Waals surface area (Å²) in [5.74, 6) is 3.07. The third kappa shape index (κ3) is 1.84. The van der Waals surface area contributed by atoms with Crippen LogP contribution in [0.1, 0.15) is 5.82 Å². The fraction of sp³-hybridized carbons (Fsp3) is 0.231. The number of rotatable bonds is 2. The van der Waals surface area contributed by atoms with Gasteiger partial charge in [-0.2, -0.15) is 0 Å². The van der Waals surface area contributed by atoms with E-state index in [1.54, 1.807) is 0 Å². The summed E-state index contributed by atoms with van der Waals surface area (Å²) in [5, 5.41) is 3.02. The summed E-state index contributed by atoms with van der Waals surface area (Å²) < 4.78 is 10.7. The SMILES string of the molecule is CNc1cc(-c2ccc3c(c2)OCO3)nc(C)n1. The Bertz CT molecular complexity index is 599. The lowest BCUT2D eigenvalue weighted by atomic mass is 10.1. The van der Waals surface area contributed by atoms with Crippen LogP contribution in [0.4, 0.5) is 5.82 Å². The minimum absolute atomic E-state index is 0.281. The van der Waals surface area contributed by atoms with Crippen molar-refractivity contribution in [3.8, 4) is 22.8 Å². The second kappa shape index (κ2) is 4.18. The van der Waals surface area contributed by atoms with E-state index in [-0.39, 0.29) is 6.79 Å². The lowest BCUT2D eigenvalue weighted by Crippen LogP contribution is -1.98. The number of fused-ring (bicyclic) bond motifs is 1. The highest BCUT2D eigenvalue weighted by Gasteiger charge is 2.14. The number of hydrogen-bond donors (Lipinski definition) is 1. The van der Waals surface area contributed by atoms with Gasteiger partial charge >= 0.3 is 0 Å². The lowest BCUT2D eigenvalue weighted by molar-refractivity contribution is 0.174. The molecule has 1 aliphatic rings. The maximum Gasteiger partial charge on any atom is 0.231 e. The zero-order chi connectivity index (χ0) is 12.5. The quantitative estimate of drug-likeness (QED) is 0.876. The summed E-state index contributed by atoms with van der Waals surface area (Å²) in [5.41, 5.74) is 1.85. The number of nitrogens with one attached hydrogen (secondary N) is 1. The van der Waals surface area contributed by atoms with Gasteiger partial charge < -0.3 is 14.8 Å². The molecule has 0 spiro atoms. The van der Waals surface area contributed by atoms with Gasteiger partial charge in [0.05, 0.1) is 5.69 Å². The standard InChI is InChI=1S/C13H13N3O2/c1-8-15-10(6-13(14-2)16-8)9-3-4-11-12(5-9)18-7-17-11/h3-6H,7H2,1-2H3,(H,14,15,16). The van der Waals surface area contributed by atoms with Crippen molar-refractivity contribution in [3.63, 3.8) is 0 Å². The highest BCUT2D eigenvalue weighted by Crippen LogP contribution is 2.35. The lowest BCUT2D eigenvalue weighted by Gasteiger charge is -2.06. The Balaban J connectivity index is 2.06. The Labute approximate surface area is 105 Å². The number of anilines is 1. The van der Waals surface area contributed by atoms with Crippen LogP contribution in [-0.2, 0) is 0 Å². The molecule has 0 saturated heterocycles. The molecular formula is C13H13N3O2. The Morgan fingerprint density at radius 3 is 2.78 bits per heavy atom. The van der Waals surface area contributed by atoms with Crippen LogP contribution in [0.25, 0.3) is 11.3 Å². The number of nitrogens with zero attached hydrogens (tertiary/aromatic N) is 2. The molecule has 5 nitrogen and oxygen atoms in total. The molecule has 0 amide bonds. The molecule has 5 heteroatoms. The maximum atomic E-state index is 5.37. The topological polar surface area (TPSA) is 56.3 Å². The van der Waals surface area contributed by atoms with Crippen molar-refractivity contribution in [2.75, 3.05) is 19.2 Å². The summed E-state index contributed by atoms with van der Waals surface area (Å²) in [6.07, 6.45) is 0. The first-order valence-electron chi connectivity index (χ1n) is 5.70. The molecule has 0 aliphatic carbocycles. The third-order valence-electron chi connectivity index (χ3n) is 2.76. The summed E-state index contributed by atoms with van der Waals surface area (Å²) in [6, 6.07) is 7.71. The highest BCUT2D eigenvalue weighted by molar-refractivity contribution is 5.66. The second-order valence-electron chi connectivity index (χ2n) is 4.00. The van der Waals surface area contributed by atoms with Gasteiger partial charge in [-0.1, -0.05) is 0 Å². The first-order chi connectivity index (χ1) is 8.76. The summed E-state index contributed by atoms with van der Waals surface area (Å²) in [4.78, 5) is 8.70. The van der Waals surface area contributed by atoms with Crippen LogP contribution in [-0.4, -0.2) is 23.8 Å². The van der Waals surface area contributed by atoms with E-state index >= 15 is 0 Å². The van der Waals surface area contributed by atoms with Gasteiger partial charge in [-0.25, -0.2) is 9.97 Å². The van der Waals surface area contributed by atoms with Crippen molar-refractivity contribution in [2.45, 2.75) is 6.92 Å². The molecule has 1 aromatic heterocycles. The van der Waals surface area contributed by atoms with Crippen molar-refractivity contribution in [3.05, 3.63) is 30.1 Å². The molecule has 18 heavy (non-hydrogen) atoms. The maximum absolute atomic E-state index is 5.37. The van der Waals surface area contributed by atoms with Crippen molar-refractivity contribution < 1.29 is 9.47 Å². The molecule has 2 heterocycles. The monoisotopic (exact) mass is 243 g/mol. The summed E-state index contributed by atoms with van der Waals surface area (Å²) in [6.45, 7) is 2.15. The average Bonchev–Trinajstić information content (AvgIpc) is 2.85. The molecule has 0 fully saturated rings. The molecule has 1 N–H and O–H groups in total. The molecule has 3 rings (SSSR count). The zero-order valence-corrected chi connectivity index (χ0v) is 10.2. The molecule has 0 bridgehead atoms. The van der Waals surface area contributed by atoms with E-state index in [2.05, 4.69) is 15.3 Å². The minimum Gasteiger partial charge on any atom is -0.454 e. The first-order valence-corrected chi connectivity index (χ1v) is 5.70. The predicted molar refractivity (Wildman–Crippen MR) is 67.9 cm³/mol. The van der Waals surface area contributed by atoms with Gasteiger partial charge in [0.15, 0.2) is 11.5 Å². The number of benzene rings is 1. The van der Waals surface area contributed by atoms with Crippen molar-refractivity contribution in [2.24, 2.45) is 0 Å². The van der Waals surface area contributed by atoms with Crippen LogP contribution in [0.5, 0.6) is 11.5 Å². The van der Waals surface area contributed by atoms with Crippen LogP contribution < -0.4 is 14.8 Å². The van der Waals surface area contributed by atoms with Gasteiger partial charge in [0, 0.05) is 18.7 Å². The molecule has 2 aromatic rings. The summed E-state index contributed by atoms with van der Waals surface area (Å²) >= 11 is 0. The molecule has 92 valence electrons. The van der Waals surface area contributed by atoms with Crippen LogP contribution in [0.3, 0.4) is 0 Å². The van der Waals surface area contributed by atoms with Crippen LogP contribution in [0, 0.1) is 6.92 Å². The van der Waals surface area contributed by atoms with E-state index in [1.165, 1.54) is 0 Å². The Morgan fingerprint density at radius 1 is 1.11 bits per heavy atom. The van der Waals surface area contributed by atoms with E-state index in [9.17, 15) is 0 Å². The van der Waals surface area contributed by atoms with Crippen LogP contribution in [0.2, 0.25) is 0 Å². The smallest absolute Gasteiger partial charge is 0.231 e. The number of aryl methyl sites for hydroxylation is 1. The largest absolute Gasteiger partial charge is 0.454 e. The zero-order valence-electron chi connectivity index (χ0n) is 10.2. The molecule has 0 unspecified atom stereocenters. The van der Waals surface area contributed by atoms with Crippen molar-refractivity contribution >= 4 is 5.82 Å². The fourth-order valence-corrected chi connectivity index (χ4v) is 1.90. The van der Waals surface area contributed by atoms with Crippen molar-refractivity contribution in [1.82, 2.24) is 9.97 Å². The molecule has 0 atom stereocenters. The molecule has 0 radical (unpaired) electrons. The van der Waals surface area contributed by atoms with Gasteiger partial charge in [0.2, 0.25) is 6.79 Å². The van der Waals surface area contributed by atoms with E-state index in [0.29, 0.717) is 0 Å². The summed E-state index contributed by atoms with van der Waals surface area (Å²) in [7, 11) is 1.84. The normalized spacial score (nSPS) is 12.6. The number of aromatic nitrogens is 2. The predicted octanol–water partition coefficient (Wildman–Crippen LogP) is 2.22. The van der Waals surface area contributed by atoms with E-state index < -0.39 is 0 Å². The van der Waals surface area contributed by atoms with E-state index in [1.807, 2.05) is 38.2 Å². The Morgan fingerprint density at radius 2 is 1.94 bits per heavy atom.